The molecule has 3 aromatic carbocycles. The SMILES string of the molecule is O=C(OCc1ccccc1)c1ccnc2c(OCc3ccccc3)cc(Br)cc12. The Morgan fingerprint density at radius 1 is 0.862 bits per heavy atom. The van der Waals surface area contributed by atoms with Crippen LogP contribution in [0.15, 0.2) is 89.5 Å². The van der Waals surface area contributed by atoms with E-state index in [9.17, 15) is 4.79 Å². The average molecular weight is 448 g/mol. The van der Waals surface area contributed by atoms with E-state index >= 15 is 0 Å². The molecule has 144 valence electrons. The molecule has 1 aromatic heterocycles. The molecule has 0 spiro atoms. The van der Waals surface area contributed by atoms with Crippen LogP contribution in [0.3, 0.4) is 0 Å². The van der Waals surface area contributed by atoms with Crippen molar-refractivity contribution in [2.75, 3.05) is 0 Å². The second-order valence-corrected chi connectivity index (χ2v) is 7.41. The van der Waals surface area contributed by atoms with E-state index in [0.717, 1.165) is 15.6 Å². The maximum atomic E-state index is 12.7. The van der Waals surface area contributed by atoms with Gasteiger partial charge in [0.1, 0.15) is 24.5 Å². The molecule has 4 nitrogen and oxygen atoms in total. The van der Waals surface area contributed by atoms with Crippen molar-refractivity contribution in [2.24, 2.45) is 0 Å². The smallest absolute Gasteiger partial charge is 0.339 e. The number of hydrogen-bond donors (Lipinski definition) is 0. The van der Waals surface area contributed by atoms with Crippen LogP contribution in [0.4, 0.5) is 0 Å². The van der Waals surface area contributed by atoms with E-state index in [-0.39, 0.29) is 6.61 Å². The highest BCUT2D eigenvalue weighted by Crippen LogP contribution is 2.31. The molecule has 0 N–H and O–H groups in total. The summed E-state index contributed by atoms with van der Waals surface area (Å²) in [5, 5.41) is 0.683. The number of aromatic nitrogens is 1. The Kier molecular flexibility index (Phi) is 5.86. The zero-order valence-corrected chi connectivity index (χ0v) is 17.1. The number of carbonyl (C=O) groups excluding carboxylic acids is 1. The lowest BCUT2D eigenvalue weighted by Crippen LogP contribution is -2.07. The van der Waals surface area contributed by atoms with Crippen LogP contribution in [0.2, 0.25) is 0 Å². The van der Waals surface area contributed by atoms with E-state index in [1.54, 1.807) is 12.3 Å². The largest absolute Gasteiger partial charge is 0.487 e. The second-order valence-electron chi connectivity index (χ2n) is 6.49. The van der Waals surface area contributed by atoms with Crippen molar-refractivity contribution >= 4 is 32.8 Å². The van der Waals surface area contributed by atoms with Crippen LogP contribution in [0, 0.1) is 0 Å². The maximum Gasteiger partial charge on any atom is 0.339 e. The number of hydrogen-bond acceptors (Lipinski definition) is 4. The van der Waals surface area contributed by atoms with Crippen LogP contribution >= 0.6 is 15.9 Å². The Morgan fingerprint density at radius 2 is 1.52 bits per heavy atom. The molecule has 0 saturated carbocycles. The Labute approximate surface area is 177 Å². The van der Waals surface area contributed by atoms with Crippen LogP contribution in [0.1, 0.15) is 21.5 Å². The molecule has 0 aliphatic carbocycles. The fourth-order valence-electron chi connectivity index (χ4n) is 3.01. The van der Waals surface area contributed by atoms with Gasteiger partial charge in [0.25, 0.3) is 0 Å². The van der Waals surface area contributed by atoms with Crippen LogP contribution in [-0.2, 0) is 18.0 Å². The summed E-state index contributed by atoms with van der Waals surface area (Å²) < 4.78 is 12.3. The number of nitrogens with zero attached hydrogens (tertiary/aromatic N) is 1. The molecule has 0 aliphatic rings. The number of halogens is 1. The van der Waals surface area contributed by atoms with Gasteiger partial charge < -0.3 is 9.47 Å². The average Bonchev–Trinajstić information content (AvgIpc) is 2.77. The highest BCUT2D eigenvalue weighted by molar-refractivity contribution is 9.10. The van der Waals surface area contributed by atoms with E-state index < -0.39 is 5.97 Å². The summed E-state index contributed by atoms with van der Waals surface area (Å²) >= 11 is 3.51. The van der Waals surface area contributed by atoms with Crippen LogP contribution in [0.25, 0.3) is 10.9 Å². The third-order valence-electron chi connectivity index (χ3n) is 4.44. The molecule has 5 heteroatoms. The molecular weight excluding hydrogens is 430 g/mol. The summed E-state index contributed by atoms with van der Waals surface area (Å²) in [5.41, 5.74) is 3.07. The first-order valence-electron chi connectivity index (χ1n) is 9.17. The van der Waals surface area contributed by atoms with Crippen molar-refractivity contribution in [1.29, 1.82) is 0 Å². The summed E-state index contributed by atoms with van der Waals surface area (Å²) in [6.45, 7) is 0.631. The van der Waals surface area contributed by atoms with Gasteiger partial charge in [0.05, 0.1) is 5.56 Å². The Morgan fingerprint density at radius 3 is 2.21 bits per heavy atom. The van der Waals surface area contributed by atoms with Gasteiger partial charge in [-0.3, -0.25) is 4.98 Å². The van der Waals surface area contributed by atoms with E-state index in [4.69, 9.17) is 9.47 Å². The van der Waals surface area contributed by atoms with Crippen molar-refractivity contribution in [1.82, 2.24) is 4.98 Å². The molecular formula is C24H18BrNO3. The maximum absolute atomic E-state index is 12.7. The molecule has 4 rings (SSSR count). The van der Waals surface area contributed by atoms with Gasteiger partial charge in [-0.2, -0.15) is 0 Å². The highest BCUT2D eigenvalue weighted by Gasteiger charge is 2.16. The number of fused-ring (bicyclic) bond motifs is 1. The number of rotatable bonds is 6. The number of pyridine rings is 1. The van der Waals surface area contributed by atoms with Crippen molar-refractivity contribution in [3.05, 3.63) is 106 Å². The standard InChI is InChI=1S/C24H18BrNO3/c25-19-13-21-20(24(27)29-16-18-9-5-2-6-10-18)11-12-26-23(21)22(14-19)28-15-17-7-3-1-4-8-17/h1-14H,15-16H2. The molecule has 0 unspecified atom stereocenters. The first-order chi connectivity index (χ1) is 14.2. The molecule has 0 atom stereocenters. The second kappa shape index (κ2) is 8.88. The molecule has 29 heavy (non-hydrogen) atoms. The van der Waals surface area contributed by atoms with Crippen LogP contribution in [-0.4, -0.2) is 11.0 Å². The van der Waals surface area contributed by atoms with Gasteiger partial charge in [-0.25, -0.2) is 4.79 Å². The van der Waals surface area contributed by atoms with E-state index in [2.05, 4.69) is 20.9 Å². The van der Waals surface area contributed by atoms with E-state index in [1.165, 1.54) is 0 Å². The first-order valence-corrected chi connectivity index (χ1v) is 9.96. The van der Waals surface area contributed by atoms with E-state index in [1.807, 2.05) is 72.8 Å². The predicted octanol–water partition coefficient (Wildman–Crippen LogP) is 5.93. The molecule has 0 bridgehead atoms. The summed E-state index contributed by atoms with van der Waals surface area (Å²) in [6.07, 6.45) is 1.60. The molecule has 0 radical (unpaired) electrons. The van der Waals surface area contributed by atoms with Crippen molar-refractivity contribution < 1.29 is 14.3 Å². The van der Waals surface area contributed by atoms with Gasteiger partial charge in [0.15, 0.2) is 0 Å². The minimum absolute atomic E-state index is 0.217. The topological polar surface area (TPSA) is 48.4 Å². The first kappa shape index (κ1) is 19.2. The van der Waals surface area contributed by atoms with Gasteiger partial charge in [0, 0.05) is 16.1 Å². The van der Waals surface area contributed by atoms with Gasteiger partial charge in [-0.15, -0.1) is 0 Å². The molecule has 0 fully saturated rings. The summed E-state index contributed by atoms with van der Waals surface area (Å²) in [7, 11) is 0. The van der Waals surface area contributed by atoms with Crippen LogP contribution < -0.4 is 4.74 Å². The normalized spacial score (nSPS) is 10.7. The monoisotopic (exact) mass is 447 g/mol. The number of carbonyl (C=O) groups is 1. The third kappa shape index (κ3) is 4.63. The zero-order chi connectivity index (χ0) is 20.1. The summed E-state index contributed by atoms with van der Waals surface area (Å²) in [6, 6.07) is 24.9. The fourth-order valence-corrected chi connectivity index (χ4v) is 3.45. The molecule has 0 aliphatic heterocycles. The van der Waals surface area contributed by atoms with Gasteiger partial charge in [-0.1, -0.05) is 76.6 Å². The lowest BCUT2D eigenvalue weighted by molar-refractivity contribution is 0.0475. The van der Waals surface area contributed by atoms with Gasteiger partial charge in [-0.05, 0) is 29.3 Å². The lowest BCUT2D eigenvalue weighted by atomic mass is 10.1. The number of benzene rings is 3. The third-order valence-corrected chi connectivity index (χ3v) is 4.90. The quantitative estimate of drug-likeness (QED) is 0.343. The molecule has 0 amide bonds. The Bertz CT molecular complexity index is 1130. The predicted molar refractivity (Wildman–Crippen MR) is 116 cm³/mol. The van der Waals surface area contributed by atoms with Crippen LogP contribution in [0.5, 0.6) is 5.75 Å². The van der Waals surface area contributed by atoms with Gasteiger partial charge in [0.2, 0.25) is 0 Å². The number of ether oxygens (including phenoxy) is 2. The fraction of sp³-hybridized carbons (Fsp3) is 0.0833. The minimum Gasteiger partial charge on any atom is -0.487 e. The van der Waals surface area contributed by atoms with E-state index in [0.29, 0.717) is 28.8 Å². The van der Waals surface area contributed by atoms with Crippen molar-refractivity contribution in [2.45, 2.75) is 13.2 Å². The van der Waals surface area contributed by atoms with Crippen molar-refractivity contribution in [3.8, 4) is 5.75 Å². The van der Waals surface area contributed by atoms with Crippen molar-refractivity contribution in [3.63, 3.8) is 0 Å². The lowest BCUT2D eigenvalue weighted by Gasteiger charge is -2.12. The molecule has 0 saturated heterocycles. The summed E-state index contributed by atoms with van der Waals surface area (Å²) in [5.74, 6) is 0.212. The zero-order valence-electron chi connectivity index (χ0n) is 15.5. The molecule has 1 heterocycles. The Balaban J connectivity index is 1.60. The minimum atomic E-state index is -0.395. The number of esters is 1. The summed E-state index contributed by atoms with van der Waals surface area (Å²) in [4.78, 5) is 17.2. The molecule has 4 aromatic rings. The van der Waals surface area contributed by atoms with Gasteiger partial charge >= 0.3 is 5.97 Å². The Hall–Kier alpha value is -3.18. The highest BCUT2D eigenvalue weighted by atomic mass is 79.9.